The smallest absolute Gasteiger partial charge is 0.257 e. The molecule has 2 heterocycles. The second-order valence-electron chi connectivity index (χ2n) is 2.94. The van der Waals surface area contributed by atoms with E-state index >= 15 is 0 Å². The van der Waals surface area contributed by atoms with Crippen molar-refractivity contribution in [1.29, 1.82) is 0 Å². The Balaban J connectivity index is 2.07. The molecule has 0 unspecified atom stereocenters. The van der Waals surface area contributed by atoms with Crippen molar-refractivity contribution < 1.29 is 8.42 Å². The average Bonchev–Trinajstić information content (AvgIpc) is 2.82. The molecule has 2 rings (SSSR count). The Kier molecular flexibility index (Phi) is 2.93. The molecule has 8 heteroatoms. The van der Waals surface area contributed by atoms with Crippen LogP contribution in [-0.4, -0.2) is 28.4 Å². The summed E-state index contributed by atoms with van der Waals surface area (Å²) in [7, 11) is -3.54. The van der Waals surface area contributed by atoms with Crippen LogP contribution in [0.25, 0.3) is 0 Å². The zero-order valence-electron chi connectivity index (χ0n) is 8.16. The van der Waals surface area contributed by atoms with Gasteiger partial charge in [0.15, 0.2) is 5.03 Å². The monoisotopic (exact) mass is 239 g/mol. The minimum Gasteiger partial charge on any atom is -0.335 e. The summed E-state index contributed by atoms with van der Waals surface area (Å²) in [5, 5.41) is 0.0292. The van der Waals surface area contributed by atoms with Crippen LogP contribution in [0.1, 0.15) is 5.69 Å². The molecule has 2 aromatic rings. The molecular formula is C8H9N5O2S. The van der Waals surface area contributed by atoms with E-state index in [1.165, 1.54) is 18.9 Å². The molecule has 0 aromatic carbocycles. The number of H-pyrrole nitrogens is 1. The largest absolute Gasteiger partial charge is 0.335 e. The number of rotatable bonds is 4. The summed E-state index contributed by atoms with van der Waals surface area (Å²) in [4.78, 5) is 13.8. The molecule has 0 radical (unpaired) electrons. The number of imidazole rings is 1. The molecule has 2 N–H and O–H groups in total. The third-order valence-corrected chi connectivity index (χ3v) is 3.18. The van der Waals surface area contributed by atoms with Gasteiger partial charge in [0.05, 0.1) is 24.8 Å². The molecule has 0 bridgehead atoms. The molecular weight excluding hydrogens is 230 g/mol. The molecule has 0 aliphatic rings. The van der Waals surface area contributed by atoms with E-state index in [1.54, 1.807) is 12.3 Å². The highest BCUT2D eigenvalue weighted by molar-refractivity contribution is 7.89. The maximum Gasteiger partial charge on any atom is 0.257 e. The molecule has 0 amide bonds. The summed E-state index contributed by atoms with van der Waals surface area (Å²) in [5.74, 6) is 0. The predicted molar refractivity (Wildman–Crippen MR) is 54.6 cm³/mol. The summed E-state index contributed by atoms with van der Waals surface area (Å²) < 4.78 is 25.7. The van der Waals surface area contributed by atoms with Crippen LogP contribution >= 0.6 is 0 Å². The van der Waals surface area contributed by atoms with Crippen molar-refractivity contribution in [2.75, 3.05) is 0 Å². The second-order valence-corrected chi connectivity index (χ2v) is 4.68. The number of aromatic nitrogens is 4. The van der Waals surface area contributed by atoms with E-state index in [9.17, 15) is 8.42 Å². The number of hydrogen-bond acceptors (Lipinski definition) is 5. The van der Waals surface area contributed by atoms with Gasteiger partial charge in [0.2, 0.25) is 0 Å². The Hall–Kier alpha value is -1.80. The molecule has 0 saturated carbocycles. The first-order valence-electron chi connectivity index (χ1n) is 4.41. The van der Waals surface area contributed by atoms with Crippen molar-refractivity contribution in [3.63, 3.8) is 0 Å². The molecule has 0 spiro atoms. The van der Waals surface area contributed by atoms with Crippen molar-refractivity contribution in [1.82, 2.24) is 24.7 Å². The zero-order chi connectivity index (χ0) is 11.4. The average molecular weight is 239 g/mol. The number of hydrogen-bond donors (Lipinski definition) is 2. The van der Waals surface area contributed by atoms with E-state index < -0.39 is 10.0 Å². The number of nitrogens with one attached hydrogen (secondary N) is 2. The maximum absolute atomic E-state index is 11.6. The van der Waals surface area contributed by atoms with Gasteiger partial charge in [-0.3, -0.25) is 0 Å². The van der Waals surface area contributed by atoms with Crippen LogP contribution in [0.3, 0.4) is 0 Å². The Morgan fingerprint density at radius 3 is 2.88 bits per heavy atom. The number of aromatic amines is 1. The van der Waals surface area contributed by atoms with Crippen LogP contribution in [-0.2, 0) is 16.6 Å². The van der Waals surface area contributed by atoms with Gasteiger partial charge in [0, 0.05) is 6.20 Å². The molecule has 0 saturated heterocycles. The highest BCUT2D eigenvalue weighted by Crippen LogP contribution is 2.02. The molecule has 2 aromatic heterocycles. The Morgan fingerprint density at radius 1 is 1.38 bits per heavy atom. The minimum absolute atomic E-state index is 0.0292. The summed E-state index contributed by atoms with van der Waals surface area (Å²) in [5.41, 5.74) is 0.595. The Morgan fingerprint density at radius 2 is 2.25 bits per heavy atom. The molecule has 0 fully saturated rings. The lowest BCUT2D eigenvalue weighted by Crippen LogP contribution is -2.24. The fourth-order valence-electron chi connectivity index (χ4n) is 1.06. The van der Waals surface area contributed by atoms with Gasteiger partial charge in [-0.1, -0.05) is 0 Å². The summed E-state index contributed by atoms with van der Waals surface area (Å²) in [6.45, 7) is 0.115. The second kappa shape index (κ2) is 4.37. The highest BCUT2D eigenvalue weighted by atomic mass is 32.2. The number of sulfonamides is 1. The van der Waals surface area contributed by atoms with E-state index in [1.807, 2.05) is 0 Å². The normalized spacial score (nSPS) is 11.5. The van der Waals surface area contributed by atoms with Crippen molar-refractivity contribution in [2.45, 2.75) is 11.6 Å². The third kappa shape index (κ3) is 2.41. The summed E-state index contributed by atoms with van der Waals surface area (Å²) >= 11 is 0. The summed E-state index contributed by atoms with van der Waals surface area (Å²) in [6.07, 6.45) is 5.45. The van der Waals surface area contributed by atoms with E-state index in [2.05, 4.69) is 24.7 Å². The fourth-order valence-corrected chi connectivity index (χ4v) is 1.96. The maximum atomic E-state index is 11.6. The van der Waals surface area contributed by atoms with Gasteiger partial charge in [0.1, 0.15) is 6.33 Å². The lowest BCUT2D eigenvalue weighted by molar-refractivity contribution is 0.577. The van der Waals surface area contributed by atoms with E-state index in [4.69, 9.17) is 0 Å². The van der Waals surface area contributed by atoms with Crippen molar-refractivity contribution >= 4 is 10.0 Å². The van der Waals surface area contributed by atoms with Gasteiger partial charge in [0.25, 0.3) is 10.0 Å². The van der Waals surface area contributed by atoms with Gasteiger partial charge in [-0.05, 0) is 6.07 Å². The molecule has 0 atom stereocenters. The first-order valence-corrected chi connectivity index (χ1v) is 5.90. The third-order valence-electron chi connectivity index (χ3n) is 1.85. The molecule has 84 valence electrons. The SMILES string of the molecule is O=S(=O)(NCc1ccncn1)c1cnc[nH]1. The molecule has 16 heavy (non-hydrogen) atoms. The Labute approximate surface area is 92.0 Å². The van der Waals surface area contributed by atoms with Crippen LogP contribution < -0.4 is 4.72 Å². The molecule has 0 aliphatic heterocycles. The van der Waals surface area contributed by atoms with Crippen LogP contribution in [0, 0.1) is 0 Å². The first-order chi connectivity index (χ1) is 7.68. The predicted octanol–water partition coefficient (Wildman–Crippen LogP) is -0.322. The van der Waals surface area contributed by atoms with Crippen molar-refractivity contribution in [3.05, 3.63) is 36.8 Å². The van der Waals surface area contributed by atoms with Gasteiger partial charge < -0.3 is 4.98 Å². The quantitative estimate of drug-likeness (QED) is 0.761. The van der Waals surface area contributed by atoms with E-state index in [0.717, 1.165) is 0 Å². The first kappa shape index (κ1) is 10.7. The van der Waals surface area contributed by atoms with E-state index in [-0.39, 0.29) is 11.6 Å². The van der Waals surface area contributed by atoms with Crippen LogP contribution in [0.4, 0.5) is 0 Å². The van der Waals surface area contributed by atoms with Crippen LogP contribution in [0.5, 0.6) is 0 Å². The Bertz CT molecular complexity index is 537. The summed E-state index contributed by atoms with van der Waals surface area (Å²) in [6, 6.07) is 1.63. The van der Waals surface area contributed by atoms with Crippen molar-refractivity contribution in [2.24, 2.45) is 0 Å². The van der Waals surface area contributed by atoms with Crippen LogP contribution in [0.2, 0.25) is 0 Å². The lowest BCUT2D eigenvalue weighted by Gasteiger charge is -2.03. The standard InChI is InChI=1S/C8H9N5O2S/c14-16(15,8-4-10-6-12-8)13-3-7-1-2-9-5-11-7/h1-2,4-6,13H,3H2,(H,10,12). The van der Waals surface area contributed by atoms with Crippen LogP contribution in [0.15, 0.2) is 36.1 Å². The van der Waals surface area contributed by atoms with E-state index in [0.29, 0.717) is 5.69 Å². The topological polar surface area (TPSA) is 101 Å². The fraction of sp³-hybridized carbons (Fsp3) is 0.125. The highest BCUT2D eigenvalue weighted by Gasteiger charge is 2.14. The minimum atomic E-state index is -3.54. The molecule has 0 aliphatic carbocycles. The van der Waals surface area contributed by atoms with Crippen molar-refractivity contribution in [3.8, 4) is 0 Å². The van der Waals surface area contributed by atoms with Gasteiger partial charge in [-0.2, -0.15) is 0 Å². The number of nitrogens with zero attached hydrogens (tertiary/aromatic N) is 3. The zero-order valence-corrected chi connectivity index (χ0v) is 8.98. The van der Waals surface area contributed by atoms with Gasteiger partial charge >= 0.3 is 0 Å². The lowest BCUT2D eigenvalue weighted by atomic mass is 10.4. The van der Waals surface area contributed by atoms with Gasteiger partial charge in [-0.15, -0.1) is 0 Å². The molecule has 7 nitrogen and oxygen atoms in total. The van der Waals surface area contributed by atoms with Gasteiger partial charge in [-0.25, -0.2) is 28.1 Å².